The van der Waals surface area contributed by atoms with Gasteiger partial charge in [-0.15, -0.1) is 0 Å². The maximum atomic E-state index is 6.40. The quantitative estimate of drug-likeness (QED) is 0.743. The van der Waals surface area contributed by atoms with Crippen LogP contribution in [0.15, 0.2) is 12.1 Å². The van der Waals surface area contributed by atoms with E-state index in [0.29, 0.717) is 12.6 Å². The van der Waals surface area contributed by atoms with Crippen LogP contribution in [0.1, 0.15) is 38.7 Å². The summed E-state index contributed by atoms with van der Waals surface area (Å²) in [7, 11) is 1.66. The van der Waals surface area contributed by atoms with Gasteiger partial charge in [-0.3, -0.25) is 4.90 Å². The average molecular weight is 341 g/mol. The Morgan fingerprint density at radius 3 is 2.83 bits per heavy atom. The van der Waals surface area contributed by atoms with E-state index < -0.39 is 0 Å². The van der Waals surface area contributed by atoms with Gasteiger partial charge in [0.15, 0.2) is 11.5 Å². The fourth-order valence-electron chi connectivity index (χ4n) is 3.11. The van der Waals surface area contributed by atoms with Crippen molar-refractivity contribution in [1.29, 1.82) is 0 Å². The molecule has 4 nitrogen and oxygen atoms in total. The third-order valence-corrected chi connectivity index (χ3v) is 4.75. The molecule has 0 radical (unpaired) electrons. The Hall–Kier alpha value is -0.970. The van der Waals surface area contributed by atoms with E-state index in [9.17, 15) is 0 Å². The van der Waals surface area contributed by atoms with Gasteiger partial charge in [0.05, 0.1) is 13.7 Å². The number of hydrogen-bond donors (Lipinski definition) is 1. The maximum Gasteiger partial charge on any atom is 0.162 e. The van der Waals surface area contributed by atoms with Crippen LogP contribution in [-0.4, -0.2) is 44.3 Å². The predicted octanol–water partition coefficient (Wildman–Crippen LogP) is 3.71. The largest absolute Gasteiger partial charge is 0.493 e. The van der Waals surface area contributed by atoms with E-state index in [1.165, 1.54) is 19.4 Å². The molecule has 5 heteroatoms. The Bertz CT molecular complexity index is 496. The van der Waals surface area contributed by atoms with Gasteiger partial charge in [0.1, 0.15) is 0 Å². The van der Waals surface area contributed by atoms with Gasteiger partial charge in [-0.05, 0) is 44.0 Å². The second kappa shape index (κ2) is 9.36. The highest BCUT2D eigenvalue weighted by Gasteiger charge is 2.22. The number of methoxy groups -OCH3 is 1. The number of hydrogen-bond acceptors (Lipinski definition) is 4. The summed E-state index contributed by atoms with van der Waals surface area (Å²) in [6, 6.07) is 4.49. The van der Waals surface area contributed by atoms with Crippen LogP contribution in [0.3, 0.4) is 0 Å². The van der Waals surface area contributed by atoms with Crippen molar-refractivity contribution in [3.05, 3.63) is 22.7 Å². The van der Waals surface area contributed by atoms with Crippen LogP contribution >= 0.6 is 11.6 Å². The molecule has 2 rings (SSSR count). The van der Waals surface area contributed by atoms with Crippen molar-refractivity contribution in [2.24, 2.45) is 0 Å². The normalized spacial score (nSPS) is 18.3. The van der Waals surface area contributed by atoms with E-state index in [-0.39, 0.29) is 0 Å². The highest BCUT2D eigenvalue weighted by Crippen LogP contribution is 2.33. The van der Waals surface area contributed by atoms with Gasteiger partial charge in [0, 0.05) is 30.2 Å². The molecule has 0 saturated carbocycles. The van der Waals surface area contributed by atoms with Crippen LogP contribution in [0.4, 0.5) is 0 Å². The van der Waals surface area contributed by atoms with Crippen LogP contribution in [0.5, 0.6) is 11.5 Å². The van der Waals surface area contributed by atoms with Crippen molar-refractivity contribution in [2.75, 3.05) is 33.4 Å². The smallest absolute Gasteiger partial charge is 0.162 e. The molecule has 0 bridgehead atoms. The standard InChI is InChI=1S/C18H29ClN2O2/c1-4-9-23-18-11-16(19)14(10-17(18)22-3)12-20-13-15-7-6-8-21(15)5-2/h10-11,15,20H,4-9,12-13H2,1-3H3. The Kier molecular flexibility index (Phi) is 7.47. The summed E-state index contributed by atoms with van der Waals surface area (Å²) in [5.41, 5.74) is 1.05. The summed E-state index contributed by atoms with van der Waals surface area (Å²) in [4.78, 5) is 2.54. The number of ether oxygens (including phenoxy) is 2. The lowest BCUT2D eigenvalue weighted by Gasteiger charge is -2.23. The summed E-state index contributed by atoms with van der Waals surface area (Å²) in [5.74, 6) is 1.46. The number of benzene rings is 1. The maximum absolute atomic E-state index is 6.40. The number of likely N-dealkylation sites (N-methyl/N-ethyl adjacent to an activating group) is 1. The van der Waals surface area contributed by atoms with E-state index in [1.54, 1.807) is 7.11 Å². The monoisotopic (exact) mass is 340 g/mol. The molecule has 1 aromatic carbocycles. The average Bonchev–Trinajstić information content (AvgIpc) is 3.02. The minimum absolute atomic E-state index is 0.646. The number of likely N-dealkylation sites (tertiary alicyclic amines) is 1. The van der Waals surface area contributed by atoms with Crippen LogP contribution in [0.2, 0.25) is 5.02 Å². The molecule has 1 unspecified atom stereocenters. The molecule has 1 aliphatic rings. The number of nitrogens with one attached hydrogen (secondary N) is 1. The van der Waals surface area contributed by atoms with Crippen LogP contribution in [0.25, 0.3) is 0 Å². The Morgan fingerprint density at radius 1 is 1.30 bits per heavy atom. The lowest BCUT2D eigenvalue weighted by atomic mass is 10.1. The highest BCUT2D eigenvalue weighted by atomic mass is 35.5. The van der Waals surface area contributed by atoms with Gasteiger partial charge in [0.2, 0.25) is 0 Å². The molecule has 1 aromatic rings. The first-order valence-corrected chi connectivity index (χ1v) is 9.01. The van der Waals surface area contributed by atoms with Gasteiger partial charge >= 0.3 is 0 Å². The van der Waals surface area contributed by atoms with Gasteiger partial charge in [-0.1, -0.05) is 25.4 Å². The molecule has 0 spiro atoms. The van der Waals surface area contributed by atoms with E-state index in [1.807, 2.05) is 12.1 Å². The van der Waals surface area contributed by atoms with E-state index in [4.69, 9.17) is 21.1 Å². The van der Waals surface area contributed by atoms with Crippen molar-refractivity contribution in [3.8, 4) is 11.5 Å². The van der Waals surface area contributed by atoms with Crippen LogP contribution < -0.4 is 14.8 Å². The fourth-order valence-corrected chi connectivity index (χ4v) is 3.33. The molecule has 1 N–H and O–H groups in total. The molecule has 23 heavy (non-hydrogen) atoms. The van der Waals surface area contributed by atoms with Gasteiger partial charge < -0.3 is 14.8 Å². The lowest BCUT2D eigenvalue weighted by Crippen LogP contribution is -2.37. The molecule has 0 amide bonds. The number of rotatable bonds is 9. The number of nitrogens with zero attached hydrogens (tertiary/aromatic N) is 1. The first-order valence-electron chi connectivity index (χ1n) is 8.63. The van der Waals surface area contributed by atoms with Crippen molar-refractivity contribution in [1.82, 2.24) is 10.2 Å². The Labute approximate surface area is 145 Å². The second-order valence-electron chi connectivity index (χ2n) is 6.00. The Morgan fingerprint density at radius 2 is 2.13 bits per heavy atom. The van der Waals surface area contributed by atoms with Crippen molar-refractivity contribution < 1.29 is 9.47 Å². The third kappa shape index (κ3) is 5.00. The molecule has 1 heterocycles. The molecule has 1 aliphatic heterocycles. The first-order chi connectivity index (χ1) is 11.2. The lowest BCUT2D eigenvalue weighted by molar-refractivity contribution is 0.260. The minimum Gasteiger partial charge on any atom is -0.493 e. The van der Waals surface area contributed by atoms with E-state index >= 15 is 0 Å². The molecular weight excluding hydrogens is 312 g/mol. The first kappa shape index (κ1) is 18.4. The molecule has 130 valence electrons. The summed E-state index contributed by atoms with van der Waals surface area (Å²) in [6.07, 6.45) is 3.54. The van der Waals surface area contributed by atoms with Gasteiger partial charge in [0.25, 0.3) is 0 Å². The summed E-state index contributed by atoms with van der Waals surface area (Å²) in [6.45, 7) is 9.08. The van der Waals surface area contributed by atoms with Crippen molar-refractivity contribution in [3.63, 3.8) is 0 Å². The topological polar surface area (TPSA) is 33.7 Å². The van der Waals surface area contributed by atoms with Crippen molar-refractivity contribution >= 4 is 11.6 Å². The zero-order valence-electron chi connectivity index (χ0n) is 14.5. The predicted molar refractivity (Wildman–Crippen MR) is 95.8 cm³/mol. The van der Waals surface area contributed by atoms with Gasteiger partial charge in [-0.2, -0.15) is 0 Å². The Balaban J connectivity index is 1.94. The molecule has 0 aromatic heterocycles. The summed E-state index contributed by atoms with van der Waals surface area (Å²) >= 11 is 6.40. The van der Waals surface area contributed by atoms with Crippen LogP contribution in [0, 0.1) is 0 Å². The molecule has 1 atom stereocenters. The molecule has 0 aliphatic carbocycles. The summed E-state index contributed by atoms with van der Waals surface area (Å²) < 4.78 is 11.1. The SMILES string of the molecule is CCCOc1cc(Cl)c(CNCC2CCCN2CC)cc1OC. The third-order valence-electron chi connectivity index (χ3n) is 4.40. The zero-order valence-corrected chi connectivity index (χ0v) is 15.3. The zero-order chi connectivity index (χ0) is 16.7. The molecule has 1 saturated heterocycles. The summed E-state index contributed by atoms with van der Waals surface area (Å²) in [5, 5.41) is 4.27. The van der Waals surface area contributed by atoms with Crippen LogP contribution in [-0.2, 0) is 6.54 Å². The highest BCUT2D eigenvalue weighted by molar-refractivity contribution is 6.31. The van der Waals surface area contributed by atoms with Gasteiger partial charge in [-0.25, -0.2) is 0 Å². The fraction of sp³-hybridized carbons (Fsp3) is 0.667. The second-order valence-corrected chi connectivity index (χ2v) is 6.41. The van der Waals surface area contributed by atoms with E-state index in [2.05, 4.69) is 24.1 Å². The number of halogens is 1. The van der Waals surface area contributed by atoms with Crippen molar-refractivity contribution in [2.45, 2.75) is 45.7 Å². The molecular formula is C18H29ClN2O2. The minimum atomic E-state index is 0.646. The van der Waals surface area contributed by atoms with E-state index in [0.717, 1.165) is 48.1 Å². The molecule has 1 fully saturated rings.